The van der Waals surface area contributed by atoms with Gasteiger partial charge in [0.25, 0.3) is 0 Å². The molecule has 0 spiro atoms. The number of aryl methyl sites for hydroxylation is 1. The van der Waals surface area contributed by atoms with E-state index in [9.17, 15) is 9.50 Å². The lowest BCUT2D eigenvalue weighted by molar-refractivity contribution is 0.127. The quantitative estimate of drug-likeness (QED) is 0.549. The van der Waals surface area contributed by atoms with Crippen LogP contribution in [0.5, 0.6) is 0 Å². The van der Waals surface area contributed by atoms with E-state index in [4.69, 9.17) is 4.74 Å². The molecule has 1 aliphatic rings. The molecule has 6 heteroatoms. The number of aliphatic hydroxyl groups excluding tert-OH is 1. The van der Waals surface area contributed by atoms with Gasteiger partial charge in [-0.25, -0.2) is 4.39 Å². The fraction of sp³-hybridized carbons (Fsp3) is 0.588. The van der Waals surface area contributed by atoms with Gasteiger partial charge in [0.05, 0.1) is 6.61 Å². The van der Waals surface area contributed by atoms with Crippen molar-refractivity contribution in [1.29, 1.82) is 0 Å². The van der Waals surface area contributed by atoms with Gasteiger partial charge in [-0.3, -0.25) is 4.99 Å². The first-order valence-corrected chi connectivity index (χ1v) is 7.97. The highest BCUT2D eigenvalue weighted by molar-refractivity contribution is 5.79. The van der Waals surface area contributed by atoms with Gasteiger partial charge in [0.1, 0.15) is 5.82 Å². The van der Waals surface area contributed by atoms with E-state index in [1.165, 1.54) is 6.07 Å². The second kappa shape index (κ2) is 8.26. The summed E-state index contributed by atoms with van der Waals surface area (Å²) in [5, 5.41) is 15.8. The zero-order valence-electron chi connectivity index (χ0n) is 13.9. The minimum absolute atomic E-state index is 0.0289. The number of benzene rings is 1. The summed E-state index contributed by atoms with van der Waals surface area (Å²) in [5.41, 5.74) is 1.61. The Morgan fingerprint density at radius 1 is 1.43 bits per heavy atom. The molecule has 0 radical (unpaired) electrons. The molecule has 1 fully saturated rings. The Labute approximate surface area is 137 Å². The second-order valence-corrected chi connectivity index (χ2v) is 6.14. The van der Waals surface area contributed by atoms with E-state index < -0.39 is 0 Å². The number of hydrogen-bond donors (Lipinski definition) is 3. The molecule has 1 aromatic rings. The first kappa shape index (κ1) is 17.7. The summed E-state index contributed by atoms with van der Waals surface area (Å²) in [5.74, 6) is 0.500. The van der Waals surface area contributed by atoms with Crippen molar-refractivity contribution in [2.75, 3.05) is 33.4 Å². The Hall–Kier alpha value is -1.66. The zero-order valence-corrected chi connectivity index (χ0v) is 13.9. The van der Waals surface area contributed by atoms with Crippen LogP contribution in [0.3, 0.4) is 0 Å². The van der Waals surface area contributed by atoms with E-state index >= 15 is 0 Å². The summed E-state index contributed by atoms with van der Waals surface area (Å²) in [6, 6.07) is 5.07. The number of ether oxygens (including phenoxy) is 1. The molecule has 0 amide bonds. The normalized spacial score (nSPS) is 21.5. The average molecular weight is 323 g/mol. The molecule has 128 valence electrons. The van der Waals surface area contributed by atoms with E-state index in [0.717, 1.165) is 18.6 Å². The predicted molar refractivity (Wildman–Crippen MR) is 88.9 cm³/mol. The predicted octanol–water partition coefficient (Wildman–Crippen LogP) is 1.59. The molecule has 2 rings (SSSR count). The zero-order chi connectivity index (χ0) is 16.7. The van der Waals surface area contributed by atoms with Crippen LogP contribution < -0.4 is 10.6 Å². The van der Waals surface area contributed by atoms with Crippen LogP contribution in [0, 0.1) is 18.2 Å². The minimum Gasteiger partial charge on any atom is -0.396 e. The third kappa shape index (κ3) is 4.91. The van der Waals surface area contributed by atoms with Crippen molar-refractivity contribution in [3.8, 4) is 0 Å². The number of hydrogen-bond acceptors (Lipinski definition) is 3. The highest BCUT2D eigenvalue weighted by atomic mass is 19.1. The Balaban J connectivity index is 1.86. The molecule has 5 nitrogen and oxygen atoms in total. The molecule has 1 atom stereocenters. The summed E-state index contributed by atoms with van der Waals surface area (Å²) >= 11 is 0. The molecule has 1 heterocycles. The number of rotatable bonds is 6. The highest BCUT2D eigenvalue weighted by Crippen LogP contribution is 2.31. The average Bonchev–Trinajstić information content (AvgIpc) is 3.00. The van der Waals surface area contributed by atoms with Crippen molar-refractivity contribution in [1.82, 2.24) is 10.6 Å². The van der Waals surface area contributed by atoms with Gasteiger partial charge >= 0.3 is 0 Å². The van der Waals surface area contributed by atoms with Crippen molar-refractivity contribution in [2.24, 2.45) is 10.4 Å². The molecule has 0 bridgehead atoms. The van der Waals surface area contributed by atoms with Crippen LogP contribution in [-0.2, 0) is 11.3 Å². The molecule has 1 saturated heterocycles. The van der Waals surface area contributed by atoms with Gasteiger partial charge in [0.15, 0.2) is 5.96 Å². The first-order valence-electron chi connectivity index (χ1n) is 7.97. The third-order valence-electron chi connectivity index (χ3n) is 4.36. The number of nitrogens with zero attached hydrogens (tertiary/aromatic N) is 1. The van der Waals surface area contributed by atoms with Gasteiger partial charge < -0.3 is 20.5 Å². The summed E-state index contributed by atoms with van der Waals surface area (Å²) in [7, 11) is 1.72. The number of halogens is 1. The van der Waals surface area contributed by atoms with E-state index in [-0.39, 0.29) is 17.8 Å². The van der Waals surface area contributed by atoms with Gasteiger partial charge in [-0.05, 0) is 37.0 Å². The molecule has 23 heavy (non-hydrogen) atoms. The molecular formula is C17H26FN3O2. The smallest absolute Gasteiger partial charge is 0.191 e. The summed E-state index contributed by atoms with van der Waals surface area (Å²) in [6.45, 7) is 4.59. The fourth-order valence-corrected chi connectivity index (χ4v) is 2.81. The maximum Gasteiger partial charge on any atom is 0.191 e. The molecule has 3 N–H and O–H groups in total. The van der Waals surface area contributed by atoms with E-state index in [1.54, 1.807) is 20.0 Å². The van der Waals surface area contributed by atoms with E-state index in [1.807, 2.05) is 6.07 Å². The largest absolute Gasteiger partial charge is 0.396 e. The number of aliphatic hydroxyl groups is 1. The molecule has 0 saturated carbocycles. The Bertz CT molecular complexity index is 543. The lowest BCUT2D eigenvalue weighted by atomic mass is 9.84. The van der Waals surface area contributed by atoms with Crippen LogP contribution in [-0.4, -0.2) is 44.5 Å². The van der Waals surface area contributed by atoms with Crippen molar-refractivity contribution >= 4 is 5.96 Å². The Kier molecular flexibility index (Phi) is 6.36. The third-order valence-corrected chi connectivity index (χ3v) is 4.36. The standard InChI is InChI=1S/C17H26FN3O2/c1-13-9-14(3-4-15(13)18)10-20-16(19-2)21-11-17(5-7-22)6-8-23-12-17/h3-4,9,22H,5-8,10-12H2,1-2H3,(H2,19,20,21). The van der Waals surface area contributed by atoms with Crippen LogP contribution in [0.4, 0.5) is 4.39 Å². The highest BCUT2D eigenvalue weighted by Gasteiger charge is 2.34. The SMILES string of the molecule is CN=C(NCc1ccc(F)c(C)c1)NCC1(CCO)CCOC1. The number of guanidine groups is 1. The number of nitrogens with one attached hydrogen (secondary N) is 2. The lowest BCUT2D eigenvalue weighted by Gasteiger charge is -2.27. The van der Waals surface area contributed by atoms with E-state index in [0.29, 0.717) is 37.6 Å². The van der Waals surface area contributed by atoms with Crippen LogP contribution in [0.2, 0.25) is 0 Å². The fourth-order valence-electron chi connectivity index (χ4n) is 2.81. The lowest BCUT2D eigenvalue weighted by Crippen LogP contribution is -2.44. The van der Waals surface area contributed by atoms with Gasteiger partial charge in [-0.2, -0.15) is 0 Å². The Morgan fingerprint density at radius 3 is 2.87 bits per heavy atom. The van der Waals surface area contributed by atoms with Crippen LogP contribution >= 0.6 is 0 Å². The van der Waals surface area contributed by atoms with Gasteiger partial charge in [-0.1, -0.05) is 12.1 Å². The summed E-state index contributed by atoms with van der Waals surface area (Å²) in [4.78, 5) is 4.21. The van der Waals surface area contributed by atoms with Gasteiger partial charge in [-0.15, -0.1) is 0 Å². The number of aliphatic imine (C=N–C) groups is 1. The maximum atomic E-state index is 13.3. The molecule has 1 aromatic carbocycles. The van der Waals surface area contributed by atoms with E-state index in [2.05, 4.69) is 15.6 Å². The van der Waals surface area contributed by atoms with Crippen molar-refractivity contribution in [3.63, 3.8) is 0 Å². The minimum atomic E-state index is -0.191. The monoisotopic (exact) mass is 323 g/mol. The van der Waals surface area contributed by atoms with Gasteiger partial charge in [0.2, 0.25) is 0 Å². The molecule has 0 aliphatic carbocycles. The van der Waals surface area contributed by atoms with Gasteiger partial charge in [0, 0.05) is 38.8 Å². The maximum absolute atomic E-state index is 13.3. The van der Waals surface area contributed by atoms with Crippen LogP contribution in [0.25, 0.3) is 0 Å². The van der Waals surface area contributed by atoms with Crippen molar-refractivity contribution in [2.45, 2.75) is 26.3 Å². The summed E-state index contributed by atoms with van der Waals surface area (Å²) in [6.07, 6.45) is 1.66. The molecule has 1 aliphatic heterocycles. The molecular weight excluding hydrogens is 297 g/mol. The van der Waals surface area contributed by atoms with Crippen LogP contribution in [0.15, 0.2) is 23.2 Å². The topological polar surface area (TPSA) is 65.9 Å². The second-order valence-electron chi connectivity index (χ2n) is 6.14. The van der Waals surface area contributed by atoms with Crippen molar-refractivity contribution < 1.29 is 14.2 Å². The van der Waals surface area contributed by atoms with Crippen LogP contribution in [0.1, 0.15) is 24.0 Å². The molecule has 1 unspecified atom stereocenters. The Morgan fingerprint density at radius 2 is 2.26 bits per heavy atom. The van der Waals surface area contributed by atoms with Crippen molar-refractivity contribution in [3.05, 3.63) is 35.1 Å². The first-order chi connectivity index (χ1) is 11.1. The summed E-state index contributed by atoms with van der Waals surface area (Å²) < 4.78 is 18.8. The molecule has 0 aromatic heterocycles.